The van der Waals surface area contributed by atoms with Crippen molar-refractivity contribution in [3.8, 4) is 5.88 Å². The van der Waals surface area contributed by atoms with Gasteiger partial charge < -0.3 is 15.8 Å². The number of nitrogens with two attached hydrogens (primary N) is 1. The maximum atomic E-state index is 5.74. The number of hydrogen-bond donors (Lipinski definition) is 2. The van der Waals surface area contributed by atoms with Crippen LogP contribution < -0.4 is 15.8 Å². The van der Waals surface area contributed by atoms with Crippen molar-refractivity contribution in [3.63, 3.8) is 0 Å². The molecule has 1 aromatic heterocycles. The molecule has 1 rings (SSSR count). The van der Waals surface area contributed by atoms with Crippen LogP contribution in [0.4, 0.5) is 0 Å². The molecule has 0 aliphatic rings. The van der Waals surface area contributed by atoms with Gasteiger partial charge in [-0.1, -0.05) is 6.07 Å². The van der Waals surface area contributed by atoms with Crippen LogP contribution in [0.1, 0.15) is 40.3 Å². The molecule has 0 bridgehead atoms. The minimum atomic E-state index is -0.257. The van der Waals surface area contributed by atoms with Gasteiger partial charge >= 0.3 is 0 Å². The largest absolute Gasteiger partial charge is 0.472 e. The summed E-state index contributed by atoms with van der Waals surface area (Å²) in [4.78, 5) is 8.63. The summed E-state index contributed by atoms with van der Waals surface area (Å²) in [6.07, 6.45) is 0. The molecule has 0 spiro atoms. The molecule has 0 aliphatic carbocycles. The Morgan fingerprint density at radius 1 is 1.42 bits per heavy atom. The third-order valence-corrected chi connectivity index (χ3v) is 2.04. The van der Waals surface area contributed by atoms with Crippen molar-refractivity contribution >= 4 is 5.96 Å². The van der Waals surface area contributed by atoms with Gasteiger partial charge in [-0.25, -0.2) is 9.98 Å². The van der Waals surface area contributed by atoms with Crippen LogP contribution in [-0.2, 0) is 6.54 Å². The van der Waals surface area contributed by atoms with Gasteiger partial charge in [0.2, 0.25) is 5.88 Å². The third-order valence-electron chi connectivity index (χ3n) is 2.04. The molecule has 0 saturated heterocycles. The average Bonchev–Trinajstić information content (AvgIpc) is 2.23. The highest BCUT2D eigenvalue weighted by molar-refractivity contribution is 5.78. The second kappa shape index (κ2) is 6.41. The maximum absolute atomic E-state index is 5.74. The molecule has 0 saturated carbocycles. The van der Waals surface area contributed by atoms with E-state index in [1.807, 2.05) is 52.8 Å². The van der Waals surface area contributed by atoms with E-state index in [9.17, 15) is 0 Å². The van der Waals surface area contributed by atoms with Crippen LogP contribution in [0.15, 0.2) is 23.2 Å². The van der Waals surface area contributed by atoms with Gasteiger partial charge in [-0.15, -0.1) is 0 Å². The summed E-state index contributed by atoms with van der Waals surface area (Å²) in [5.41, 5.74) is 6.31. The number of nitrogens with zero attached hydrogens (tertiary/aromatic N) is 2. The molecule has 0 aromatic carbocycles. The summed E-state index contributed by atoms with van der Waals surface area (Å²) in [6.45, 7) is 10.4. The lowest BCUT2D eigenvalue weighted by molar-refractivity contribution is 0.124. The number of hydrogen-bond acceptors (Lipinski definition) is 3. The molecular weight excluding hydrogens is 240 g/mol. The van der Waals surface area contributed by atoms with E-state index in [0.29, 0.717) is 18.4 Å². The summed E-state index contributed by atoms with van der Waals surface area (Å²) in [5.74, 6) is 1.04. The molecule has 1 heterocycles. The molecule has 19 heavy (non-hydrogen) atoms. The first-order valence-corrected chi connectivity index (χ1v) is 6.47. The van der Waals surface area contributed by atoms with Crippen LogP contribution in [0.3, 0.4) is 0 Å². The van der Waals surface area contributed by atoms with Crippen molar-refractivity contribution in [3.05, 3.63) is 23.9 Å². The Labute approximate surface area is 115 Å². The predicted octanol–water partition coefficient (Wildman–Crippen LogP) is 2.07. The van der Waals surface area contributed by atoms with E-state index in [2.05, 4.69) is 15.3 Å². The fraction of sp³-hybridized carbons (Fsp3) is 0.571. The second-order valence-corrected chi connectivity index (χ2v) is 5.68. The van der Waals surface area contributed by atoms with E-state index in [4.69, 9.17) is 10.5 Å². The molecule has 0 aliphatic heterocycles. The number of aliphatic imine (C=N–C) groups is 1. The normalized spacial score (nSPS) is 12.6. The zero-order valence-corrected chi connectivity index (χ0v) is 12.4. The standard InChI is InChI=1S/C14H24N4O/c1-10(2)17-13(15)16-9-11-7-6-8-12(18-11)19-14(3,4)5/h6-8,10H,9H2,1-5H3,(H3,15,16,17). The molecule has 3 N–H and O–H groups in total. The molecule has 5 nitrogen and oxygen atoms in total. The van der Waals surface area contributed by atoms with Crippen molar-refractivity contribution in [2.24, 2.45) is 10.7 Å². The molecule has 0 fully saturated rings. The van der Waals surface area contributed by atoms with Crippen molar-refractivity contribution in [2.75, 3.05) is 0 Å². The monoisotopic (exact) mass is 264 g/mol. The highest BCUT2D eigenvalue weighted by Gasteiger charge is 2.12. The quantitative estimate of drug-likeness (QED) is 0.645. The SMILES string of the molecule is CC(C)NC(N)=NCc1cccc(OC(C)(C)C)n1. The maximum Gasteiger partial charge on any atom is 0.214 e. The van der Waals surface area contributed by atoms with Crippen molar-refractivity contribution in [1.29, 1.82) is 0 Å². The van der Waals surface area contributed by atoms with E-state index in [0.717, 1.165) is 5.69 Å². The highest BCUT2D eigenvalue weighted by Crippen LogP contribution is 2.15. The topological polar surface area (TPSA) is 72.5 Å². The van der Waals surface area contributed by atoms with Gasteiger partial charge in [-0.3, -0.25) is 0 Å². The predicted molar refractivity (Wildman–Crippen MR) is 78.2 cm³/mol. The summed E-state index contributed by atoms with van der Waals surface area (Å²) in [6, 6.07) is 5.92. The Morgan fingerprint density at radius 3 is 2.68 bits per heavy atom. The van der Waals surface area contributed by atoms with Gasteiger partial charge in [0.05, 0.1) is 12.2 Å². The number of pyridine rings is 1. The van der Waals surface area contributed by atoms with Crippen LogP contribution in [0.2, 0.25) is 0 Å². The van der Waals surface area contributed by atoms with Crippen LogP contribution in [0.5, 0.6) is 5.88 Å². The zero-order valence-electron chi connectivity index (χ0n) is 12.4. The number of nitrogens with one attached hydrogen (secondary N) is 1. The first kappa shape index (κ1) is 15.3. The van der Waals surface area contributed by atoms with Gasteiger partial charge in [0.1, 0.15) is 5.60 Å². The average molecular weight is 264 g/mol. The van der Waals surface area contributed by atoms with Gasteiger partial charge in [-0.2, -0.15) is 0 Å². The lowest BCUT2D eigenvalue weighted by Crippen LogP contribution is -2.36. The zero-order chi connectivity index (χ0) is 14.5. The molecule has 106 valence electrons. The van der Waals surface area contributed by atoms with Crippen molar-refractivity contribution in [1.82, 2.24) is 10.3 Å². The lowest BCUT2D eigenvalue weighted by atomic mass is 10.2. The van der Waals surface area contributed by atoms with Gasteiger partial charge in [0.25, 0.3) is 0 Å². The molecule has 5 heteroatoms. The summed E-state index contributed by atoms with van der Waals surface area (Å²) < 4.78 is 5.71. The number of guanidine groups is 1. The van der Waals surface area contributed by atoms with Gasteiger partial charge in [0.15, 0.2) is 5.96 Å². The Kier molecular flexibility index (Phi) is 5.15. The fourth-order valence-electron chi connectivity index (χ4n) is 1.42. The number of aromatic nitrogens is 1. The molecule has 0 radical (unpaired) electrons. The van der Waals surface area contributed by atoms with Crippen LogP contribution in [0.25, 0.3) is 0 Å². The van der Waals surface area contributed by atoms with E-state index in [-0.39, 0.29) is 11.6 Å². The van der Waals surface area contributed by atoms with E-state index < -0.39 is 0 Å². The lowest BCUT2D eigenvalue weighted by Gasteiger charge is -2.20. The molecule has 0 unspecified atom stereocenters. The number of ether oxygens (including phenoxy) is 1. The molecule has 1 aromatic rings. The highest BCUT2D eigenvalue weighted by atomic mass is 16.5. The Morgan fingerprint density at radius 2 is 2.11 bits per heavy atom. The minimum absolute atomic E-state index is 0.257. The summed E-state index contributed by atoms with van der Waals surface area (Å²) >= 11 is 0. The molecule has 0 amide bonds. The van der Waals surface area contributed by atoms with Crippen LogP contribution in [0, 0.1) is 0 Å². The van der Waals surface area contributed by atoms with Gasteiger partial charge in [-0.05, 0) is 40.7 Å². The summed E-state index contributed by atoms with van der Waals surface area (Å²) in [5, 5.41) is 3.03. The van der Waals surface area contributed by atoms with Crippen LogP contribution in [-0.4, -0.2) is 22.6 Å². The fourth-order valence-corrected chi connectivity index (χ4v) is 1.42. The van der Waals surface area contributed by atoms with Gasteiger partial charge in [0, 0.05) is 12.1 Å². The van der Waals surface area contributed by atoms with Crippen LogP contribution >= 0.6 is 0 Å². The summed E-state index contributed by atoms with van der Waals surface area (Å²) in [7, 11) is 0. The van der Waals surface area contributed by atoms with E-state index >= 15 is 0 Å². The molecular formula is C14H24N4O. The third kappa shape index (κ3) is 6.64. The Hall–Kier alpha value is -1.78. The first-order valence-electron chi connectivity index (χ1n) is 6.47. The number of rotatable bonds is 4. The van der Waals surface area contributed by atoms with E-state index in [1.165, 1.54) is 0 Å². The van der Waals surface area contributed by atoms with Crippen molar-refractivity contribution < 1.29 is 4.74 Å². The minimum Gasteiger partial charge on any atom is -0.472 e. The van der Waals surface area contributed by atoms with Crippen molar-refractivity contribution in [2.45, 2.75) is 52.8 Å². The molecule has 0 atom stereocenters. The second-order valence-electron chi connectivity index (χ2n) is 5.68. The Bertz CT molecular complexity index is 435. The van der Waals surface area contributed by atoms with E-state index in [1.54, 1.807) is 0 Å². The first-order chi connectivity index (χ1) is 8.76. The smallest absolute Gasteiger partial charge is 0.214 e. The Balaban J connectivity index is 2.67.